The number of halogens is 1. The second-order valence-electron chi connectivity index (χ2n) is 3.75. The number of carbonyl (C=O) groups excluding carboxylic acids is 1. The van der Waals surface area contributed by atoms with E-state index < -0.39 is 0 Å². The molecule has 0 aliphatic rings. The molecule has 0 radical (unpaired) electrons. The average Bonchev–Trinajstić information content (AvgIpc) is 2.61. The highest BCUT2D eigenvalue weighted by Crippen LogP contribution is 2.21. The summed E-state index contributed by atoms with van der Waals surface area (Å²) in [5.41, 5.74) is 1.68. The van der Waals surface area contributed by atoms with Crippen molar-refractivity contribution in [2.75, 3.05) is 10.6 Å². The molecule has 0 bridgehead atoms. The molecular formula is C12H12BrN3OS. The predicted octanol–water partition coefficient (Wildman–Crippen LogP) is 4.17. The number of urea groups is 1. The third-order valence-electron chi connectivity index (χ3n) is 2.35. The summed E-state index contributed by atoms with van der Waals surface area (Å²) in [6, 6.07) is 7.09. The summed E-state index contributed by atoms with van der Waals surface area (Å²) >= 11 is 4.80. The highest BCUT2D eigenvalue weighted by atomic mass is 79.9. The van der Waals surface area contributed by atoms with Gasteiger partial charge in [0.2, 0.25) is 0 Å². The number of amides is 2. The predicted molar refractivity (Wildman–Crippen MR) is 78.4 cm³/mol. The van der Waals surface area contributed by atoms with E-state index in [9.17, 15) is 4.79 Å². The van der Waals surface area contributed by atoms with Crippen molar-refractivity contribution in [3.63, 3.8) is 0 Å². The Balaban J connectivity index is 1.98. The molecule has 0 atom stereocenters. The molecule has 94 valence electrons. The zero-order chi connectivity index (χ0) is 13.1. The van der Waals surface area contributed by atoms with E-state index in [2.05, 4.69) is 31.5 Å². The third-order valence-corrected chi connectivity index (χ3v) is 3.87. The van der Waals surface area contributed by atoms with Crippen molar-refractivity contribution in [2.45, 2.75) is 13.8 Å². The second-order valence-corrected chi connectivity index (χ2v) is 5.87. The number of hydrogen-bond acceptors (Lipinski definition) is 3. The number of hydrogen-bond donors (Lipinski definition) is 2. The fourth-order valence-electron chi connectivity index (χ4n) is 1.32. The van der Waals surface area contributed by atoms with Gasteiger partial charge < -0.3 is 5.32 Å². The van der Waals surface area contributed by atoms with Gasteiger partial charge in [-0.2, -0.15) is 0 Å². The monoisotopic (exact) mass is 325 g/mol. The number of aryl methyl sites for hydroxylation is 2. The van der Waals surface area contributed by atoms with Gasteiger partial charge in [0.1, 0.15) is 0 Å². The number of rotatable bonds is 2. The fourth-order valence-corrected chi connectivity index (χ4v) is 2.39. The first-order chi connectivity index (χ1) is 8.54. The van der Waals surface area contributed by atoms with Gasteiger partial charge in [0.15, 0.2) is 5.13 Å². The highest BCUT2D eigenvalue weighted by molar-refractivity contribution is 9.10. The summed E-state index contributed by atoms with van der Waals surface area (Å²) < 4.78 is 0.972. The van der Waals surface area contributed by atoms with Crippen LogP contribution in [-0.4, -0.2) is 11.0 Å². The molecule has 6 heteroatoms. The van der Waals surface area contributed by atoms with Gasteiger partial charge in [-0.3, -0.25) is 5.32 Å². The van der Waals surface area contributed by atoms with Gasteiger partial charge in [-0.15, -0.1) is 11.3 Å². The minimum absolute atomic E-state index is 0.286. The quantitative estimate of drug-likeness (QED) is 0.870. The SMILES string of the molecule is Cc1nc(NC(=O)Nc2ccc(Br)cc2)sc1C. The molecule has 18 heavy (non-hydrogen) atoms. The van der Waals surface area contributed by atoms with E-state index in [1.807, 2.05) is 38.1 Å². The van der Waals surface area contributed by atoms with Crippen LogP contribution in [0.25, 0.3) is 0 Å². The molecule has 2 N–H and O–H groups in total. The molecule has 1 aromatic heterocycles. The van der Waals surface area contributed by atoms with Crippen molar-refractivity contribution in [3.05, 3.63) is 39.3 Å². The molecular weight excluding hydrogens is 314 g/mol. The summed E-state index contributed by atoms with van der Waals surface area (Å²) in [5, 5.41) is 6.07. The second kappa shape index (κ2) is 5.49. The lowest BCUT2D eigenvalue weighted by molar-refractivity contribution is 0.262. The van der Waals surface area contributed by atoms with Crippen molar-refractivity contribution in [3.8, 4) is 0 Å². The van der Waals surface area contributed by atoms with Crippen molar-refractivity contribution < 1.29 is 4.79 Å². The van der Waals surface area contributed by atoms with Crippen LogP contribution in [0.15, 0.2) is 28.7 Å². The molecule has 2 amide bonds. The summed E-state index contributed by atoms with van der Waals surface area (Å²) in [6.07, 6.45) is 0. The van der Waals surface area contributed by atoms with Gasteiger partial charge in [-0.1, -0.05) is 15.9 Å². The summed E-state index contributed by atoms with van der Waals surface area (Å²) in [5.74, 6) is 0. The van der Waals surface area contributed by atoms with E-state index in [1.165, 1.54) is 11.3 Å². The Morgan fingerprint density at radius 3 is 2.44 bits per heavy atom. The minimum Gasteiger partial charge on any atom is -0.308 e. The van der Waals surface area contributed by atoms with Crippen LogP contribution in [0.4, 0.5) is 15.6 Å². The first kappa shape index (κ1) is 13.0. The standard InChI is InChI=1S/C12H12BrN3OS/c1-7-8(2)18-12(14-7)16-11(17)15-10-5-3-9(13)4-6-10/h3-6H,1-2H3,(H2,14,15,16,17). The molecule has 0 saturated carbocycles. The van der Waals surface area contributed by atoms with Gasteiger partial charge >= 0.3 is 6.03 Å². The van der Waals surface area contributed by atoms with Crippen molar-refractivity contribution >= 4 is 44.1 Å². The van der Waals surface area contributed by atoms with Gasteiger partial charge in [-0.25, -0.2) is 9.78 Å². The lowest BCUT2D eigenvalue weighted by Crippen LogP contribution is -2.19. The first-order valence-corrected chi connectivity index (χ1v) is 6.93. The maximum Gasteiger partial charge on any atom is 0.325 e. The fraction of sp³-hybridized carbons (Fsp3) is 0.167. The maximum absolute atomic E-state index is 11.7. The smallest absolute Gasteiger partial charge is 0.308 e. The highest BCUT2D eigenvalue weighted by Gasteiger charge is 2.07. The Morgan fingerprint density at radius 1 is 1.22 bits per heavy atom. The lowest BCUT2D eigenvalue weighted by Gasteiger charge is -2.05. The van der Waals surface area contributed by atoms with Crippen LogP contribution in [-0.2, 0) is 0 Å². The minimum atomic E-state index is -0.286. The molecule has 1 aromatic carbocycles. The average molecular weight is 326 g/mol. The molecule has 1 heterocycles. The van der Waals surface area contributed by atoms with E-state index in [1.54, 1.807) is 0 Å². The molecule has 2 rings (SSSR count). The van der Waals surface area contributed by atoms with Crippen molar-refractivity contribution in [1.82, 2.24) is 4.98 Å². The van der Waals surface area contributed by atoms with E-state index in [0.29, 0.717) is 5.13 Å². The number of benzene rings is 1. The van der Waals surface area contributed by atoms with Gasteiger partial charge in [-0.05, 0) is 38.1 Å². The zero-order valence-electron chi connectivity index (χ0n) is 9.95. The Hall–Kier alpha value is -1.40. The maximum atomic E-state index is 11.7. The lowest BCUT2D eigenvalue weighted by atomic mass is 10.3. The number of nitrogens with zero attached hydrogens (tertiary/aromatic N) is 1. The summed E-state index contributed by atoms with van der Waals surface area (Å²) in [6.45, 7) is 3.90. The topological polar surface area (TPSA) is 54.0 Å². The van der Waals surface area contributed by atoms with Crippen LogP contribution < -0.4 is 10.6 Å². The van der Waals surface area contributed by atoms with E-state index >= 15 is 0 Å². The van der Waals surface area contributed by atoms with Crippen LogP contribution >= 0.6 is 27.3 Å². The number of aromatic nitrogens is 1. The molecule has 0 fully saturated rings. The van der Waals surface area contributed by atoms with Crippen LogP contribution in [0.3, 0.4) is 0 Å². The van der Waals surface area contributed by atoms with Crippen LogP contribution in [0.5, 0.6) is 0 Å². The number of anilines is 2. The number of thiazole rings is 1. The normalized spacial score (nSPS) is 10.2. The van der Waals surface area contributed by atoms with Crippen molar-refractivity contribution in [2.24, 2.45) is 0 Å². The molecule has 0 spiro atoms. The molecule has 0 unspecified atom stereocenters. The molecule has 4 nitrogen and oxygen atoms in total. The Labute approximate surface area is 118 Å². The molecule has 2 aromatic rings. The van der Waals surface area contributed by atoms with Crippen LogP contribution in [0.1, 0.15) is 10.6 Å². The van der Waals surface area contributed by atoms with Crippen molar-refractivity contribution in [1.29, 1.82) is 0 Å². The van der Waals surface area contributed by atoms with Gasteiger partial charge in [0.25, 0.3) is 0 Å². The van der Waals surface area contributed by atoms with Gasteiger partial charge in [0.05, 0.1) is 5.69 Å². The molecule has 0 aliphatic heterocycles. The Bertz CT molecular complexity index is 546. The molecule has 0 saturated heterocycles. The van der Waals surface area contributed by atoms with E-state index in [-0.39, 0.29) is 6.03 Å². The summed E-state index contributed by atoms with van der Waals surface area (Å²) in [7, 11) is 0. The largest absolute Gasteiger partial charge is 0.325 e. The zero-order valence-corrected chi connectivity index (χ0v) is 12.4. The molecule has 0 aliphatic carbocycles. The Morgan fingerprint density at radius 2 is 1.89 bits per heavy atom. The van der Waals surface area contributed by atoms with Crippen LogP contribution in [0.2, 0.25) is 0 Å². The first-order valence-electron chi connectivity index (χ1n) is 5.32. The van der Waals surface area contributed by atoms with Gasteiger partial charge in [0, 0.05) is 15.0 Å². The summed E-state index contributed by atoms with van der Waals surface area (Å²) in [4.78, 5) is 17.1. The van der Waals surface area contributed by atoms with E-state index in [4.69, 9.17) is 0 Å². The number of nitrogens with one attached hydrogen (secondary N) is 2. The number of carbonyl (C=O) groups is 1. The third kappa shape index (κ3) is 3.30. The van der Waals surface area contributed by atoms with Crippen LogP contribution in [0, 0.1) is 13.8 Å². The van der Waals surface area contributed by atoms with E-state index in [0.717, 1.165) is 20.7 Å². The Kier molecular flexibility index (Phi) is 3.98.